The molecule has 1 fully saturated rings. The third-order valence-corrected chi connectivity index (χ3v) is 5.55. The number of hydrogen-bond acceptors (Lipinski definition) is 2. The number of nitrogens with zero attached hydrogens (tertiary/aromatic N) is 1. The summed E-state index contributed by atoms with van der Waals surface area (Å²) in [5.74, 6) is -2.06. The van der Waals surface area contributed by atoms with Crippen molar-refractivity contribution in [2.45, 2.75) is 31.5 Å². The molecule has 0 saturated heterocycles. The Hall–Kier alpha value is -2.83. The fourth-order valence-electron chi connectivity index (χ4n) is 4.00. The van der Waals surface area contributed by atoms with Gasteiger partial charge in [-0.25, -0.2) is 4.79 Å². The van der Waals surface area contributed by atoms with Crippen molar-refractivity contribution >= 4 is 11.9 Å². The summed E-state index contributed by atoms with van der Waals surface area (Å²) in [6.45, 7) is 0.780. The van der Waals surface area contributed by atoms with Crippen molar-refractivity contribution < 1.29 is 27.9 Å². The first kappa shape index (κ1) is 18.5. The van der Waals surface area contributed by atoms with Crippen LogP contribution < -0.4 is 0 Å². The van der Waals surface area contributed by atoms with Gasteiger partial charge >= 0.3 is 12.1 Å². The molecule has 2 atom stereocenters. The second-order valence-electron chi connectivity index (χ2n) is 7.33. The first-order valence-electron chi connectivity index (χ1n) is 9.05. The third kappa shape index (κ3) is 3.37. The second-order valence-corrected chi connectivity index (χ2v) is 7.33. The monoisotopic (exact) mass is 389 g/mol. The van der Waals surface area contributed by atoms with E-state index in [0.29, 0.717) is 25.9 Å². The maximum absolute atomic E-state index is 13.2. The summed E-state index contributed by atoms with van der Waals surface area (Å²) in [5.41, 5.74) is 1.46. The lowest BCUT2D eigenvalue weighted by Crippen LogP contribution is -2.37. The molecule has 2 aliphatic rings. The minimum absolute atomic E-state index is 0.159. The molecule has 1 heterocycles. The maximum Gasteiger partial charge on any atom is 0.416 e. The molecule has 0 spiro atoms. The summed E-state index contributed by atoms with van der Waals surface area (Å²) in [6.07, 6.45) is -3.42. The summed E-state index contributed by atoms with van der Waals surface area (Å²) in [4.78, 5) is 25.7. The van der Waals surface area contributed by atoms with Gasteiger partial charge in [0.2, 0.25) is 5.91 Å². The molecule has 1 amide bonds. The number of carbonyl (C=O) groups excluding carboxylic acids is 1. The number of alkyl halides is 3. The molecule has 7 heteroatoms. The highest BCUT2D eigenvalue weighted by atomic mass is 19.4. The van der Waals surface area contributed by atoms with Crippen LogP contribution in [0.3, 0.4) is 0 Å². The summed E-state index contributed by atoms with van der Waals surface area (Å²) >= 11 is 0. The predicted molar refractivity (Wildman–Crippen MR) is 94.8 cm³/mol. The molecule has 0 bridgehead atoms. The van der Waals surface area contributed by atoms with Crippen molar-refractivity contribution in [2.75, 3.05) is 6.54 Å². The van der Waals surface area contributed by atoms with Crippen LogP contribution in [0, 0.1) is 5.92 Å². The molecule has 4 rings (SSSR count). The van der Waals surface area contributed by atoms with Crippen molar-refractivity contribution in [3.63, 3.8) is 0 Å². The first-order chi connectivity index (χ1) is 13.3. The summed E-state index contributed by atoms with van der Waals surface area (Å²) in [7, 11) is 0. The molecule has 146 valence electrons. The number of carboxylic acids is 1. The average Bonchev–Trinajstić information content (AvgIpc) is 3.46. The van der Waals surface area contributed by atoms with Gasteiger partial charge in [0, 0.05) is 19.0 Å². The molecule has 2 aromatic carbocycles. The molecule has 2 unspecified atom stereocenters. The summed E-state index contributed by atoms with van der Waals surface area (Å²) in [5, 5.41) is 9.14. The number of benzene rings is 2. The normalized spacial score (nSPS) is 21.2. The number of fused-ring (bicyclic) bond motifs is 1. The Balaban J connectivity index is 1.51. The van der Waals surface area contributed by atoms with Gasteiger partial charge in [0.25, 0.3) is 0 Å². The molecule has 1 aliphatic carbocycles. The van der Waals surface area contributed by atoms with Crippen molar-refractivity contribution in [3.8, 4) is 0 Å². The molecular formula is C21H18F3NO3. The van der Waals surface area contributed by atoms with Crippen molar-refractivity contribution in [1.29, 1.82) is 0 Å². The van der Waals surface area contributed by atoms with Crippen LogP contribution in [-0.4, -0.2) is 28.4 Å². The quantitative estimate of drug-likeness (QED) is 0.860. The van der Waals surface area contributed by atoms with Crippen molar-refractivity contribution in [3.05, 3.63) is 70.3 Å². The standard InChI is InChI=1S/C21H18F3NO3/c22-21(23,24)18-4-2-1-3-15(18)16-10-17(16)19(26)25-8-7-12-5-6-13(20(27)28)9-14(12)11-25/h1-6,9,16-17H,7-8,10-11H2,(H,27,28). The van der Waals surface area contributed by atoms with E-state index in [1.807, 2.05) is 0 Å². The highest BCUT2D eigenvalue weighted by Gasteiger charge is 2.49. The van der Waals surface area contributed by atoms with E-state index in [4.69, 9.17) is 5.11 Å². The molecule has 0 radical (unpaired) electrons. The molecular weight excluding hydrogens is 371 g/mol. The van der Waals surface area contributed by atoms with Crippen LogP contribution in [-0.2, 0) is 23.9 Å². The Labute approximate surface area is 159 Å². The van der Waals surface area contributed by atoms with Gasteiger partial charge in [-0.1, -0.05) is 24.3 Å². The van der Waals surface area contributed by atoms with Gasteiger partial charge in [0.15, 0.2) is 0 Å². The van der Waals surface area contributed by atoms with Crippen LogP contribution in [0.15, 0.2) is 42.5 Å². The second kappa shape index (κ2) is 6.65. The maximum atomic E-state index is 13.2. The Kier molecular flexibility index (Phi) is 4.40. The van der Waals surface area contributed by atoms with Crippen LogP contribution in [0.4, 0.5) is 13.2 Å². The van der Waals surface area contributed by atoms with E-state index in [1.54, 1.807) is 29.2 Å². The number of aromatic carboxylic acids is 1. The molecule has 0 aromatic heterocycles. The lowest BCUT2D eigenvalue weighted by Gasteiger charge is -2.29. The van der Waals surface area contributed by atoms with E-state index in [2.05, 4.69) is 0 Å². The zero-order valence-electron chi connectivity index (χ0n) is 14.9. The highest BCUT2D eigenvalue weighted by molar-refractivity contribution is 5.88. The molecule has 1 aliphatic heterocycles. The fourth-order valence-corrected chi connectivity index (χ4v) is 4.00. The molecule has 28 heavy (non-hydrogen) atoms. The van der Waals surface area contributed by atoms with Gasteiger partial charge in [-0.2, -0.15) is 13.2 Å². The molecule has 1 N–H and O–H groups in total. The van der Waals surface area contributed by atoms with Crippen LogP contribution >= 0.6 is 0 Å². The Morgan fingerprint density at radius 2 is 1.82 bits per heavy atom. The predicted octanol–water partition coefficient (Wildman–Crippen LogP) is 4.09. The number of carboxylic acid groups (broad SMARTS) is 1. The number of rotatable bonds is 3. The Bertz CT molecular complexity index is 954. The van der Waals surface area contributed by atoms with Gasteiger partial charge in [-0.05, 0) is 53.6 Å². The van der Waals surface area contributed by atoms with Crippen molar-refractivity contribution in [1.82, 2.24) is 4.90 Å². The van der Waals surface area contributed by atoms with E-state index in [9.17, 15) is 22.8 Å². The SMILES string of the molecule is O=C(O)c1ccc2c(c1)CN(C(=O)C1CC1c1ccccc1C(F)(F)F)CC2. The Morgan fingerprint density at radius 1 is 1.07 bits per heavy atom. The minimum atomic E-state index is -4.44. The van der Waals surface area contributed by atoms with Crippen molar-refractivity contribution in [2.24, 2.45) is 5.92 Å². The summed E-state index contributed by atoms with van der Waals surface area (Å²) in [6, 6.07) is 10.3. The van der Waals surface area contributed by atoms with Gasteiger partial charge in [-0.3, -0.25) is 4.79 Å². The lowest BCUT2D eigenvalue weighted by atomic mass is 9.96. The number of carbonyl (C=O) groups is 2. The molecule has 2 aromatic rings. The zero-order valence-corrected chi connectivity index (χ0v) is 14.9. The summed E-state index contributed by atoms with van der Waals surface area (Å²) < 4.78 is 39.7. The van der Waals surface area contributed by atoms with Gasteiger partial charge in [0.05, 0.1) is 11.1 Å². The average molecular weight is 389 g/mol. The topological polar surface area (TPSA) is 57.6 Å². The number of hydrogen-bond donors (Lipinski definition) is 1. The highest BCUT2D eigenvalue weighted by Crippen LogP contribution is 2.52. The minimum Gasteiger partial charge on any atom is -0.478 e. The van der Waals surface area contributed by atoms with Gasteiger partial charge < -0.3 is 10.0 Å². The van der Waals surface area contributed by atoms with Gasteiger partial charge in [0.1, 0.15) is 0 Å². The fraction of sp³-hybridized carbons (Fsp3) is 0.333. The third-order valence-electron chi connectivity index (χ3n) is 5.55. The smallest absolute Gasteiger partial charge is 0.416 e. The first-order valence-corrected chi connectivity index (χ1v) is 9.05. The van der Waals surface area contributed by atoms with Crippen LogP contribution in [0.2, 0.25) is 0 Å². The van der Waals surface area contributed by atoms with E-state index in [0.717, 1.165) is 17.2 Å². The van der Waals surface area contributed by atoms with E-state index >= 15 is 0 Å². The molecule has 1 saturated carbocycles. The number of halogens is 3. The zero-order chi connectivity index (χ0) is 20.1. The number of amides is 1. The van der Waals surface area contributed by atoms with E-state index in [-0.39, 0.29) is 17.0 Å². The van der Waals surface area contributed by atoms with E-state index < -0.39 is 29.5 Å². The lowest BCUT2D eigenvalue weighted by molar-refractivity contribution is -0.138. The Morgan fingerprint density at radius 3 is 2.54 bits per heavy atom. The largest absolute Gasteiger partial charge is 0.478 e. The van der Waals surface area contributed by atoms with E-state index in [1.165, 1.54) is 12.1 Å². The van der Waals surface area contributed by atoms with Crippen LogP contribution in [0.1, 0.15) is 45.0 Å². The van der Waals surface area contributed by atoms with Gasteiger partial charge in [-0.15, -0.1) is 0 Å². The van der Waals surface area contributed by atoms with Crippen LogP contribution in [0.25, 0.3) is 0 Å². The molecule has 4 nitrogen and oxygen atoms in total. The van der Waals surface area contributed by atoms with Crippen LogP contribution in [0.5, 0.6) is 0 Å².